The van der Waals surface area contributed by atoms with Gasteiger partial charge in [-0.2, -0.15) is 10.1 Å². The molecule has 10 heteroatoms. The van der Waals surface area contributed by atoms with Crippen molar-refractivity contribution >= 4 is 33.3 Å². The molecule has 1 aliphatic heterocycles. The third-order valence-electron chi connectivity index (χ3n) is 4.37. The van der Waals surface area contributed by atoms with E-state index in [-0.39, 0.29) is 23.5 Å². The molecule has 0 radical (unpaired) electrons. The second-order valence-electron chi connectivity index (χ2n) is 6.18. The van der Waals surface area contributed by atoms with Crippen LogP contribution in [0.25, 0.3) is 0 Å². The van der Waals surface area contributed by atoms with Gasteiger partial charge in [0.1, 0.15) is 0 Å². The number of rotatable bonds is 6. The van der Waals surface area contributed by atoms with E-state index in [9.17, 15) is 13.2 Å². The Bertz CT molecular complexity index is 934. The molecule has 144 valence electrons. The Morgan fingerprint density at radius 3 is 2.89 bits per heavy atom. The smallest absolute Gasteiger partial charge is 0.337 e. The second kappa shape index (κ2) is 7.87. The van der Waals surface area contributed by atoms with Gasteiger partial charge < -0.3 is 15.0 Å². The molecule has 0 saturated carbocycles. The number of ether oxygens (including phenoxy) is 1. The van der Waals surface area contributed by atoms with Gasteiger partial charge in [0.25, 0.3) is 0 Å². The minimum Gasteiger partial charge on any atom is -0.465 e. The number of hydrogen-bond acceptors (Lipinski definition) is 9. The highest BCUT2D eigenvalue weighted by Gasteiger charge is 2.32. The van der Waals surface area contributed by atoms with Crippen molar-refractivity contribution in [3.05, 3.63) is 36.0 Å². The van der Waals surface area contributed by atoms with Crippen molar-refractivity contribution in [1.82, 2.24) is 15.2 Å². The van der Waals surface area contributed by atoms with Gasteiger partial charge in [0.15, 0.2) is 15.7 Å². The van der Waals surface area contributed by atoms with Crippen molar-refractivity contribution in [1.29, 1.82) is 0 Å². The third kappa shape index (κ3) is 4.51. The molecule has 0 bridgehead atoms. The number of nitrogens with zero attached hydrogens (tertiary/aromatic N) is 4. The first-order chi connectivity index (χ1) is 12.9. The first kappa shape index (κ1) is 19.0. The quantitative estimate of drug-likeness (QED) is 0.730. The normalized spacial score (nSPS) is 18.1. The Labute approximate surface area is 157 Å². The van der Waals surface area contributed by atoms with Crippen molar-refractivity contribution in [2.45, 2.75) is 19.4 Å². The lowest BCUT2D eigenvalue weighted by Crippen LogP contribution is -2.37. The Morgan fingerprint density at radius 2 is 2.22 bits per heavy atom. The van der Waals surface area contributed by atoms with Crippen LogP contribution in [0.5, 0.6) is 0 Å². The van der Waals surface area contributed by atoms with Crippen LogP contribution in [0.3, 0.4) is 0 Å². The molecule has 1 aromatic carbocycles. The largest absolute Gasteiger partial charge is 0.465 e. The summed E-state index contributed by atoms with van der Waals surface area (Å²) in [5, 5.41) is 11.0. The molecule has 1 atom stereocenters. The van der Waals surface area contributed by atoms with Crippen LogP contribution in [0.15, 0.2) is 30.5 Å². The number of aromatic nitrogens is 3. The third-order valence-corrected chi connectivity index (χ3v) is 6.12. The number of carbonyl (C=O) groups is 1. The van der Waals surface area contributed by atoms with Crippen molar-refractivity contribution in [3.8, 4) is 0 Å². The van der Waals surface area contributed by atoms with Crippen molar-refractivity contribution < 1.29 is 17.9 Å². The summed E-state index contributed by atoms with van der Waals surface area (Å²) >= 11 is 0. The minimum absolute atomic E-state index is 0.118. The minimum atomic E-state index is -3.00. The number of benzene rings is 1. The molecule has 1 N–H and O–H groups in total. The number of nitrogens with one attached hydrogen (secondary N) is 1. The summed E-state index contributed by atoms with van der Waals surface area (Å²) in [6, 6.07) is 6.64. The average molecular weight is 391 g/mol. The summed E-state index contributed by atoms with van der Waals surface area (Å²) < 4.78 is 28.3. The fourth-order valence-electron chi connectivity index (χ4n) is 3.09. The van der Waals surface area contributed by atoms with E-state index < -0.39 is 15.8 Å². The molecule has 1 aliphatic rings. The zero-order chi connectivity index (χ0) is 19.4. The highest BCUT2D eigenvalue weighted by atomic mass is 32.2. The molecule has 2 heterocycles. The highest BCUT2D eigenvalue weighted by Crippen LogP contribution is 2.23. The lowest BCUT2D eigenvalue weighted by atomic mass is 10.2. The van der Waals surface area contributed by atoms with Gasteiger partial charge in [0.2, 0.25) is 5.95 Å². The molecule has 0 spiro atoms. The van der Waals surface area contributed by atoms with Crippen molar-refractivity contribution in [2.75, 3.05) is 35.4 Å². The molecule has 1 saturated heterocycles. The first-order valence-corrected chi connectivity index (χ1v) is 10.4. The maximum absolute atomic E-state index is 11.8. The molecular weight excluding hydrogens is 370 g/mol. The predicted molar refractivity (Wildman–Crippen MR) is 101 cm³/mol. The number of anilines is 3. The second-order valence-corrected chi connectivity index (χ2v) is 8.41. The zero-order valence-corrected chi connectivity index (χ0v) is 15.9. The van der Waals surface area contributed by atoms with Gasteiger partial charge in [-0.05, 0) is 31.5 Å². The summed E-state index contributed by atoms with van der Waals surface area (Å²) in [6.45, 7) is 2.55. The predicted octanol–water partition coefficient (Wildman–Crippen LogP) is 1.42. The molecule has 1 unspecified atom stereocenters. The number of hydrogen-bond donors (Lipinski definition) is 1. The number of sulfone groups is 1. The van der Waals surface area contributed by atoms with E-state index in [0.29, 0.717) is 30.0 Å². The van der Waals surface area contributed by atoms with E-state index in [0.717, 1.165) is 0 Å². The van der Waals surface area contributed by atoms with Crippen LogP contribution in [0, 0.1) is 0 Å². The average Bonchev–Trinajstić information content (AvgIpc) is 3.02. The number of methoxy groups -OCH3 is 1. The molecular formula is C17H21N5O4S. The Morgan fingerprint density at radius 1 is 1.41 bits per heavy atom. The van der Waals surface area contributed by atoms with Gasteiger partial charge in [-0.25, -0.2) is 13.2 Å². The number of esters is 1. The van der Waals surface area contributed by atoms with Crippen LogP contribution in [-0.4, -0.2) is 60.8 Å². The summed E-state index contributed by atoms with van der Waals surface area (Å²) in [5.74, 6) is 0.688. The fraction of sp³-hybridized carbons (Fsp3) is 0.412. The summed E-state index contributed by atoms with van der Waals surface area (Å²) in [4.78, 5) is 18.0. The SMILES string of the molecule is CCN(c1cnnc(Nc2cccc(C(=O)OC)c2)n1)C1CCS(=O)(=O)C1. The van der Waals surface area contributed by atoms with Crippen LogP contribution in [0.2, 0.25) is 0 Å². The van der Waals surface area contributed by atoms with E-state index >= 15 is 0 Å². The lowest BCUT2D eigenvalue weighted by Gasteiger charge is -2.27. The maximum Gasteiger partial charge on any atom is 0.337 e. The Balaban J connectivity index is 1.80. The van der Waals surface area contributed by atoms with E-state index in [2.05, 4.69) is 20.5 Å². The topological polar surface area (TPSA) is 114 Å². The lowest BCUT2D eigenvalue weighted by molar-refractivity contribution is 0.0601. The standard InChI is InChI=1S/C17H21N5O4S/c1-3-22(14-7-8-27(24,25)11-14)15-10-18-21-17(20-15)19-13-6-4-5-12(9-13)16(23)26-2/h4-6,9-10,14H,3,7-8,11H2,1-2H3,(H,19,20,21). The van der Waals surface area contributed by atoms with Crippen molar-refractivity contribution in [2.24, 2.45) is 0 Å². The Kier molecular flexibility index (Phi) is 5.54. The molecule has 2 aromatic rings. The van der Waals surface area contributed by atoms with Crippen LogP contribution >= 0.6 is 0 Å². The van der Waals surface area contributed by atoms with Gasteiger partial charge in [-0.3, -0.25) is 0 Å². The molecule has 0 aliphatic carbocycles. The maximum atomic E-state index is 11.8. The van der Waals surface area contributed by atoms with Crippen LogP contribution < -0.4 is 10.2 Å². The van der Waals surface area contributed by atoms with Crippen molar-refractivity contribution in [3.63, 3.8) is 0 Å². The summed E-state index contributed by atoms with van der Waals surface area (Å²) in [6.07, 6.45) is 2.09. The van der Waals surface area contributed by atoms with Gasteiger partial charge in [0, 0.05) is 18.3 Å². The van der Waals surface area contributed by atoms with Gasteiger partial charge >= 0.3 is 5.97 Å². The highest BCUT2D eigenvalue weighted by molar-refractivity contribution is 7.91. The molecule has 3 rings (SSSR count). The number of carbonyl (C=O) groups excluding carboxylic acids is 1. The van der Waals surface area contributed by atoms with Crippen LogP contribution in [0.4, 0.5) is 17.5 Å². The molecule has 1 aromatic heterocycles. The van der Waals surface area contributed by atoms with E-state index in [4.69, 9.17) is 4.74 Å². The molecule has 0 amide bonds. The summed E-state index contributed by atoms with van der Waals surface area (Å²) in [7, 11) is -1.68. The van der Waals surface area contributed by atoms with Gasteiger partial charge in [0.05, 0.1) is 30.4 Å². The molecule has 1 fully saturated rings. The molecule has 27 heavy (non-hydrogen) atoms. The van der Waals surface area contributed by atoms with Crippen LogP contribution in [-0.2, 0) is 14.6 Å². The zero-order valence-electron chi connectivity index (χ0n) is 15.1. The van der Waals surface area contributed by atoms with E-state index in [1.54, 1.807) is 24.3 Å². The fourth-order valence-corrected chi connectivity index (χ4v) is 4.82. The van der Waals surface area contributed by atoms with Gasteiger partial charge in [-0.15, -0.1) is 5.10 Å². The first-order valence-electron chi connectivity index (χ1n) is 8.54. The Hall–Kier alpha value is -2.75. The van der Waals surface area contributed by atoms with E-state index in [1.807, 2.05) is 11.8 Å². The summed E-state index contributed by atoms with van der Waals surface area (Å²) in [5.41, 5.74) is 1.02. The monoisotopic (exact) mass is 391 g/mol. The molecule has 9 nitrogen and oxygen atoms in total. The van der Waals surface area contributed by atoms with Gasteiger partial charge in [-0.1, -0.05) is 6.07 Å². The van der Waals surface area contributed by atoms with Crippen LogP contribution in [0.1, 0.15) is 23.7 Å². The van der Waals surface area contributed by atoms with E-state index in [1.165, 1.54) is 13.3 Å².